The summed E-state index contributed by atoms with van der Waals surface area (Å²) in [6.45, 7) is 6.40. The number of carbonyl (C=O) groups is 1. The Balaban J connectivity index is 1.60. The predicted octanol–water partition coefficient (Wildman–Crippen LogP) is 1.83. The molecule has 0 saturated carbocycles. The van der Waals surface area contributed by atoms with Gasteiger partial charge in [0.25, 0.3) is 5.91 Å². The maximum atomic E-state index is 12.6. The van der Waals surface area contributed by atoms with E-state index in [9.17, 15) is 4.79 Å². The molecule has 0 atom stereocenters. The Morgan fingerprint density at radius 3 is 2.55 bits per heavy atom. The monoisotopic (exact) mass is 303 g/mol. The zero-order valence-electron chi connectivity index (χ0n) is 13.4. The van der Waals surface area contributed by atoms with Gasteiger partial charge in [0.15, 0.2) is 0 Å². The fourth-order valence-corrected chi connectivity index (χ4v) is 3.51. The van der Waals surface area contributed by atoms with Crippen molar-refractivity contribution in [3.05, 3.63) is 23.8 Å². The van der Waals surface area contributed by atoms with Crippen LogP contribution in [0.3, 0.4) is 0 Å². The zero-order chi connectivity index (χ0) is 15.7. The van der Waals surface area contributed by atoms with Crippen molar-refractivity contribution < 1.29 is 9.53 Å². The van der Waals surface area contributed by atoms with E-state index in [4.69, 9.17) is 10.5 Å². The second-order valence-corrected chi connectivity index (χ2v) is 6.54. The molecule has 1 amide bonds. The Morgan fingerprint density at radius 2 is 1.95 bits per heavy atom. The first-order valence-corrected chi connectivity index (χ1v) is 8.05. The Morgan fingerprint density at radius 1 is 1.27 bits per heavy atom. The van der Waals surface area contributed by atoms with Crippen molar-refractivity contribution in [1.29, 1.82) is 0 Å². The van der Waals surface area contributed by atoms with E-state index in [1.807, 2.05) is 4.90 Å². The fraction of sp³-hybridized carbons (Fsp3) is 0.588. The molecular weight excluding hydrogens is 278 g/mol. The van der Waals surface area contributed by atoms with Crippen LogP contribution in [0.2, 0.25) is 0 Å². The summed E-state index contributed by atoms with van der Waals surface area (Å²) in [5.41, 5.74) is 7.02. The third-order valence-electron chi connectivity index (χ3n) is 4.84. The van der Waals surface area contributed by atoms with Gasteiger partial charge in [0.05, 0.1) is 12.8 Å². The molecule has 2 aliphatic heterocycles. The van der Waals surface area contributed by atoms with Crippen molar-refractivity contribution in [3.63, 3.8) is 0 Å². The molecule has 2 aliphatic rings. The summed E-state index contributed by atoms with van der Waals surface area (Å²) in [6, 6.07) is 5.91. The van der Waals surface area contributed by atoms with Gasteiger partial charge in [-0.1, -0.05) is 6.92 Å². The number of nitrogen functional groups attached to an aromatic ring is 1. The van der Waals surface area contributed by atoms with Crippen LogP contribution in [0.5, 0.6) is 5.75 Å². The fourth-order valence-electron chi connectivity index (χ4n) is 3.51. The number of methoxy groups -OCH3 is 1. The van der Waals surface area contributed by atoms with Crippen LogP contribution >= 0.6 is 0 Å². The van der Waals surface area contributed by atoms with Gasteiger partial charge in [-0.2, -0.15) is 0 Å². The number of piperidine rings is 1. The molecule has 5 heteroatoms. The summed E-state index contributed by atoms with van der Waals surface area (Å²) >= 11 is 0. The molecule has 1 aromatic rings. The van der Waals surface area contributed by atoms with Gasteiger partial charge in [-0.25, -0.2) is 0 Å². The standard InChI is InChI=1S/C17H25N3O2/c1-12-10-20(11-12)14-5-7-19(8-6-14)17(21)13-3-4-15(18)16(9-13)22-2/h3-4,9,12,14H,5-8,10-11,18H2,1-2H3. The molecule has 2 saturated heterocycles. The number of benzene rings is 1. The molecule has 3 rings (SSSR count). The molecule has 5 nitrogen and oxygen atoms in total. The number of nitrogens with zero attached hydrogens (tertiary/aromatic N) is 2. The number of rotatable bonds is 3. The number of amides is 1. The van der Waals surface area contributed by atoms with Crippen LogP contribution in [0.15, 0.2) is 18.2 Å². The van der Waals surface area contributed by atoms with Gasteiger partial charge in [-0.15, -0.1) is 0 Å². The van der Waals surface area contributed by atoms with Gasteiger partial charge in [-0.3, -0.25) is 9.69 Å². The predicted molar refractivity (Wildman–Crippen MR) is 87.1 cm³/mol. The Kier molecular flexibility index (Phi) is 4.25. The average Bonchev–Trinajstić information content (AvgIpc) is 2.52. The van der Waals surface area contributed by atoms with Gasteiger partial charge in [0, 0.05) is 37.8 Å². The van der Waals surface area contributed by atoms with Crippen molar-refractivity contribution in [2.24, 2.45) is 5.92 Å². The van der Waals surface area contributed by atoms with Gasteiger partial charge >= 0.3 is 0 Å². The number of likely N-dealkylation sites (tertiary alicyclic amines) is 2. The molecule has 1 aromatic carbocycles. The summed E-state index contributed by atoms with van der Waals surface area (Å²) in [6.07, 6.45) is 2.15. The zero-order valence-corrected chi connectivity index (χ0v) is 13.4. The lowest BCUT2D eigenvalue weighted by Crippen LogP contribution is -2.54. The topological polar surface area (TPSA) is 58.8 Å². The molecule has 2 fully saturated rings. The van der Waals surface area contributed by atoms with Gasteiger partial charge < -0.3 is 15.4 Å². The Labute approximate surface area is 132 Å². The van der Waals surface area contributed by atoms with Crippen LogP contribution in [0, 0.1) is 5.92 Å². The molecule has 2 heterocycles. The molecule has 22 heavy (non-hydrogen) atoms. The van der Waals surface area contributed by atoms with Crippen molar-refractivity contribution in [3.8, 4) is 5.75 Å². The minimum absolute atomic E-state index is 0.0775. The number of hydrogen-bond donors (Lipinski definition) is 1. The average molecular weight is 303 g/mol. The quantitative estimate of drug-likeness (QED) is 0.866. The van der Waals surface area contributed by atoms with Crippen LogP contribution < -0.4 is 10.5 Å². The summed E-state index contributed by atoms with van der Waals surface area (Å²) in [5, 5.41) is 0. The van der Waals surface area contributed by atoms with Crippen LogP contribution in [-0.2, 0) is 0 Å². The number of hydrogen-bond acceptors (Lipinski definition) is 4. The van der Waals surface area contributed by atoms with E-state index < -0.39 is 0 Å². The lowest BCUT2D eigenvalue weighted by atomic mass is 9.94. The van der Waals surface area contributed by atoms with Crippen molar-refractivity contribution in [2.45, 2.75) is 25.8 Å². The van der Waals surface area contributed by atoms with E-state index in [-0.39, 0.29) is 5.91 Å². The third kappa shape index (κ3) is 2.90. The maximum Gasteiger partial charge on any atom is 0.253 e. The van der Waals surface area contributed by atoms with Crippen molar-refractivity contribution in [1.82, 2.24) is 9.80 Å². The summed E-state index contributed by atoms with van der Waals surface area (Å²) in [4.78, 5) is 17.1. The molecule has 0 aromatic heterocycles. The van der Waals surface area contributed by atoms with Gasteiger partial charge in [-0.05, 0) is 37.0 Å². The molecule has 120 valence electrons. The van der Waals surface area contributed by atoms with Crippen LogP contribution in [0.25, 0.3) is 0 Å². The lowest BCUT2D eigenvalue weighted by Gasteiger charge is -2.46. The molecule has 0 aliphatic carbocycles. The normalized spacial score (nSPS) is 20.7. The molecule has 0 spiro atoms. The minimum atomic E-state index is 0.0775. The first kappa shape index (κ1) is 15.2. The highest BCUT2D eigenvalue weighted by Gasteiger charge is 2.32. The second-order valence-electron chi connectivity index (χ2n) is 6.54. The summed E-state index contributed by atoms with van der Waals surface area (Å²) in [5.74, 6) is 1.48. The summed E-state index contributed by atoms with van der Waals surface area (Å²) in [7, 11) is 1.57. The van der Waals surface area contributed by atoms with Crippen LogP contribution in [0.4, 0.5) is 5.69 Å². The highest BCUT2D eigenvalue weighted by molar-refractivity contribution is 5.95. The Hall–Kier alpha value is -1.75. The SMILES string of the molecule is COc1cc(C(=O)N2CCC(N3CC(C)C3)CC2)ccc1N. The first-order chi connectivity index (χ1) is 10.6. The van der Waals surface area contributed by atoms with E-state index in [0.717, 1.165) is 31.8 Å². The molecule has 0 unspecified atom stereocenters. The highest BCUT2D eigenvalue weighted by Crippen LogP contribution is 2.27. The van der Waals surface area contributed by atoms with E-state index >= 15 is 0 Å². The van der Waals surface area contributed by atoms with Crippen molar-refractivity contribution in [2.75, 3.05) is 39.0 Å². The Bertz CT molecular complexity index is 547. The van der Waals surface area contributed by atoms with Gasteiger partial charge in [0.2, 0.25) is 0 Å². The molecule has 0 bridgehead atoms. The highest BCUT2D eigenvalue weighted by atomic mass is 16.5. The number of anilines is 1. The largest absolute Gasteiger partial charge is 0.495 e. The first-order valence-electron chi connectivity index (χ1n) is 8.05. The smallest absolute Gasteiger partial charge is 0.253 e. The molecular formula is C17H25N3O2. The van der Waals surface area contributed by atoms with Gasteiger partial charge in [0.1, 0.15) is 5.75 Å². The maximum absolute atomic E-state index is 12.6. The van der Waals surface area contributed by atoms with E-state index in [2.05, 4.69) is 11.8 Å². The number of ether oxygens (including phenoxy) is 1. The molecule has 2 N–H and O–H groups in total. The summed E-state index contributed by atoms with van der Waals surface area (Å²) < 4.78 is 5.20. The lowest BCUT2D eigenvalue weighted by molar-refractivity contribution is 0.0248. The third-order valence-corrected chi connectivity index (χ3v) is 4.84. The van der Waals surface area contributed by atoms with E-state index in [0.29, 0.717) is 23.0 Å². The second kappa shape index (κ2) is 6.16. The number of nitrogens with two attached hydrogens (primary N) is 1. The van der Waals surface area contributed by atoms with Crippen LogP contribution in [-0.4, -0.2) is 55.0 Å². The van der Waals surface area contributed by atoms with Crippen molar-refractivity contribution >= 4 is 11.6 Å². The van der Waals surface area contributed by atoms with Crippen LogP contribution in [0.1, 0.15) is 30.1 Å². The van der Waals surface area contributed by atoms with E-state index in [1.54, 1.807) is 25.3 Å². The number of carbonyl (C=O) groups excluding carboxylic acids is 1. The molecule has 0 radical (unpaired) electrons. The van der Waals surface area contributed by atoms with E-state index in [1.165, 1.54) is 13.1 Å². The minimum Gasteiger partial charge on any atom is -0.495 e.